The number of carboxylic acids is 2. The van der Waals surface area contributed by atoms with Crippen molar-refractivity contribution in [2.75, 3.05) is 0 Å². The molecule has 0 aromatic heterocycles. The molecule has 7 heteroatoms. The van der Waals surface area contributed by atoms with Crippen LogP contribution >= 0.6 is 0 Å². The monoisotopic (exact) mass is 332 g/mol. The molecule has 4 N–H and O–H groups in total. The molecule has 0 bridgehead atoms. The molecular weight excluding hydrogens is 320 g/mol. The fraction of sp³-hybridized carbons (Fsp3) is 0. The second kappa shape index (κ2) is 8.63. The van der Waals surface area contributed by atoms with E-state index in [-0.39, 0.29) is 39.7 Å². The molecule has 0 atom stereocenters. The van der Waals surface area contributed by atoms with E-state index in [4.69, 9.17) is 20.4 Å². The van der Waals surface area contributed by atoms with Gasteiger partial charge in [-0.1, -0.05) is 24.3 Å². The van der Waals surface area contributed by atoms with Gasteiger partial charge in [0, 0.05) is 17.1 Å². The number of aromatic carboxylic acids is 2. The molecule has 0 aliphatic heterocycles. The van der Waals surface area contributed by atoms with E-state index < -0.39 is 11.9 Å². The fourth-order valence-corrected chi connectivity index (χ4v) is 1.31. The zero-order valence-electron chi connectivity index (χ0n) is 10.6. The predicted molar refractivity (Wildman–Crippen MR) is 70.1 cm³/mol. The number of para-hydroxylation sites is 2. The number of aromatic hydroxyl groups is 2. The number of rotatable bonds is 2. The van der Waals surface area contributed by atoms with Crippen molar-refractivity contribution in [3.8, 4) is 11.5 Å². The van der Waals surface area contributed by atoms with Crippen molar-refractivity contribution in [2.45, 2.75) is 0 Å². The van der Waals surface area contributed by atoms with Crippen LogP contribution in [0.1, 0.15) is 20.7 Å². The minimum atomic E-state index is -1.11. The summed E-state index contributed by atoms with van der Waals surface area (Å²) in [6, 6.07) is 11.6. The van der Waals surface area contributed by atoms with E-state index in [1.807, 2.05) is 0 Å². The number of hydrogen-bond donors (Lipinski definition) is 4. The smallest absolute Gasteiger partial charge is 0.339 e. The largest absolute Gasteiger partial charge is 0.507 e. The first-order valence-corrected chi connectivity index (χ1v) is 5.46. The van der Waals surface area contributed by atoms with Gasteiger partial charge in [0.25, 0.3) is 0 Å². The molecule has 0 unspecified atom stereocenters. The summed E-state index contributed by atoms with van der Waals surface area (Å²) >= 11 is 0. The molecule has 0 radical (unpaired) electrons. The maximum absolute atomic E-state index is 10.3. The Hall–Kier alpha value is -2.50. The molecule has 0 saturated carbocycles. The Morgan fingerprint density at radius 2 is 0.952 bits per heavy atom. The molecule has 0 fully saturated rings. The molecule has 0 heterocycles. The summed E-state index contributed by atoms with van der Waals surface area (Å²) in [6.07, 6.45) is 0. The summed E-state index contributed by atoms with van der Waals surface area (Å²) in [4.78, 5) is 20.5. The van der Waals surface area contributed by atoms with E-state index in [9.17, 15) is 9.59 Å². The van der Waals surface area contributed by atoms with Gasteiger partial charge in [-0.2, -0.15) is 0 Å². The Balaban J connectivity index is 0.000000364. The molecule has 0 aliphatic carbocycles. The average molecular weight is 332 g/mol. The molecule has 2 aromatic rings. The van der Waals surface area contributed by atoms with E-state index >= 15 is 0 Å². The van der Waals surface area contributed by atoms with Gasteiger partial charge in [0.2, 0.25) is 0 Å². The van der Waals surface area contributed by atoms with Crippen molar-refractivity contribution in [3.05, 3.63) is 59.7 Å². The zero-order valence-corrected chi connectivity index (χ0v) is 11.7. The van der Waals surface area contributed by atoms with Gasteiger partial charge < -0.3 is 20.4 Å². The molecule has 0 spiro atoms. The Bertz CT molecular complexity index is 571. The Kier molecular flexibility index (Phi) is 7.60. The van der Waals surface area contributed by atoms with Gasteiger partial charge in [-0.05, 0) is 24.3 Å². The van der Waals surface area contributed by atoms with E-state index in [0.717, 1.165) is 0 Å². The van der Waals surface area contributed by atoms with Crippen LogP contribution in [0.15, 0.2) is 48.5 Å². The van der Waals surface area contributed by atoms with E-state index in [0.29, 0.717) is 0 Å². The summed E-state index contributed by atoms with van der Waals surface area (Å²) in [5.74, 6) is -2.62. The molecular formula is C14H12FeO6. The van der Waals surface area contributed by atoms with Gasteiger partial charge >= 0.3 is 11.9 Å². The third-order valence-corrected chi connectivity index (χ3v) is 2.27. The number of carbonyl (C=O) groups is 2. The quantitative estimate of drug-likeness (QED) is 0.627. The standard InChI is InChI=1S/2C7H6O3.Fe/c2*8-6-4-2-1-3-5(6)7(9)10;/h2*1-4,8H,(H,9,10);. The third-order valence-electron chi connectivity index (χ3n) is 2.27. The second-order valence-electron chi connectivity index (χ2n) is 3.64. The molecule has 2 rings (SSSR count). The fourth-order valence-electron chi connectivity index (χ4n) is 1.31. The average Bonchev–Trinajstić information content (AvgIpc) is 2.40. The summed E-state index contributed by atoms with van der Waals surface area (Å²) < 4.78 is 0. The van der Waals surface area contributed by atoms with Crippen molar-refractivity contribution in [1.29, 1.82) is 0 Å². The SMILES string of the molecule is O=C(O)c1ccccc1O.O=C(O)c1ccccc1O.[Fe]. The Labute approximate surface area is 130 Å². The third kappa shape index (κ3) is 5.56. The van der Waals surface area contributed by atoms with Crippen LogP contribution in [0.2, 0.25) is 0 Å². The van der Waals surface area contributed by atoms with E-state index in [1.165, 1.54) is 24.3 Å². The van der Waals surface area contributed by atoms with Gasteiger partial charge in [-0.25, -0.2) is 9.59 Å². The first-order valence-electron chi connectivity index (χ1n) is 5.46. The van der Waals surface area contributed by atoms with Crippen molar-refractivity contribution < 1.29 is 47.1 Å². The van der Waals surface area contributed by atoms with Gasteiger partial charge in [0.05, 0.1) is 0 Å². The zero-order chi connectivity index (χ0) is 15.1. The minimum absolute atomic E-state index is 0. The van der Waals surface area contributed by atoms with Crippen LogP contribution in [-0.2, 0) is 17.1 Å². The summed E-state index contributed by atoms with van der Waals surface area (Å²) in [5.41, 5.74) is -0.134. The summed E-state index contributed by atoms with van der Waals surface area (Å²) in [6.45, 7) is 0. The predicted octanol–water partition coefficient (Wildman–Crippen LogP) is 2.18. The normalized spacial score (nSPS) is 8.76. The van der Waals surface area contributed by atoms with Crippen molar-refractivity contribution in [2.24, 2.45) is 0 Å². The van der Waals surface area contributed by atoms with Crippen LogP contribution in [0.25, 0.3) is 0 Å². The Morgan fingerprint density at radius 1 is 0.667 bits per heavy atom. The van der Waals surface area contributed by atoms with Crippen LogP contribution < -0.4 is 0 Å². The van der Waals surface area contributed by atoms with Crippen molar-refractivity contribution in [1.82, 2.24) is 0 Å². The van der Waals surface area contributed by atoms with Crippen LogP contribution in [-0.4, -0.2) is 32.4 Å². The molecule has 21 heavy (non-hydrogen) atoms. The molecule has 6 nitrogen and oxygen atoms in total. The minimum Gasteiger partial charge on any atom is -0.507 e. The van der Waals surface area contributed by atoms with Crippen LogP contribution in [0.5, 0.6) is 11.5 Å². The molecule has 0 amide bonds. The Morgan fingerprint density at radius 3 is 1.14 bits per heavy atom. The molecule has 2 aromatic carbocycles. The molecule has 0 saturated heterocycles. The number of phenols is 2. The van der Waals surface area contributed by atoms with Crippen molar-refractivity contribution >= 4 is 11.9 Å². The summed E-state index contributed by atoms with van der Waals surface area (Å²) in [7, 11) is 0. The van der Waals surface area contributed by atoms with Crippen LogP contribution in [0.3, 0.4) is 0 Å². The second-order valence-corrected chi connectivity index (χ2v) is 3.64. The van der Waals surface area contributed by atoms with Crippen LogP contribution in [0, 0.1) is 0 Å². The van der Waals surface area contributed by atoms with Gasteiger partial charge in [0.15, 0.2) is 0 Å². The van der Waals surface area contributed by atoms with Gasteiger partial charge in [0.1, 0.15) is 22.6 Å². The van der Waals surface area contributed by atoms with Crippen LogP contribution in [0.4, 0.5) is 0 Å². The molecule has 0 aliphatic rings. The van der Waals surface area contributed by atoms with Gasteiger partial charge in [-0.15, -0.1) is 0 Å². The number of carboxylic acid groups (broad SMARTS) is 2. The van der Waals surface area contributed by atoms with Gasteiger partial charge in [-0.3, -0.25) is 0 Å². The number of hydrogen-bond acceptors (Lipinski definition) is 4. The molecule has 112 valence electrons. The summed E-state index contributed by atoms with van der Waals surface area (Å²) in [5, 5.41) is 34.6. The maximum Gasteiger partial charge on any atom is 0.339 e. The van der Waals surface area contributed by atoms with E-state index in [1.54, 1.807) is 24.3 Å². The van der Waals surface area contributed by atoms with Crippen molar-refractivity contribution in [3.63, 3.8) is 0 Å². The maximum atomic E-state index is 10.3. The first-order chi connectivity index (χ1) is 9.43. The van der Waals surface area contributed by atoms with E-state index in [2.05, 4.69) is 0 Å². The topological polar surface area (TPSA) is 115 Å². The first kappa shape index (κ1) is 18.5. The number of benzene rings is 2.